The van der Waals surface area contributed by atoms with Gasteiger partial charge in [-0.25, -0.2) is 9.67 Å². The van der Waals surface area contributed by atoms with Crippen LogP contribution < -0.4 is 0 Å². The number of hydrogen-bond acceptors (Lipinski definition) is 3. The van der Waals surface area contributed by atoms with Gasteiger partial charge in [-0.3, -0.25) is 0 Å². The van der Waals surface area contributed by atoms with Crippen molar-refractivity contribution < 1.29 is 13.2 Å². The molecular formula is C8H3Cl2F3N4. The van der Waals surface area contributed by atoms with E-state index in [4.69, 9.17) is 23.2 Å². The lowest BCUT2D eigenvalue weighted by atomic mass is 10.4. The summed E-state index contributed by atoms with van der Waals surface area (Å²) in [4.78, 5) is 7.27. The third kappa shape index (κ3) is 2.50. The molecule has 0 N–H and O–H groups in total. The second-order valence-electron chi connectivity index (χ2n) is 2.98. The van der Waals surface area contributed by atoms with Crippen molar-refractivity contribution in [3.8, 4) is 5.82 Å². The van der Waals surface area contributed by atoms with Gasteiger partial charge in [0, 0.05) is 6.20 Å². The van der Waals surface area contributed by atoms with Crippen LogP contribution in [0.5, 0.6) is 0 Å². The molecule has 0 aliphatic rings. The number of hydrogen-bond donors (Lipinski definition) is 0. The van der Waals surface area contributed by atoms with Crippen molar-refractivity contribution in [1.82, 2.24) is 19.7 Å². The van der Waals surface area contributed by atoms with Crippen LogP contribution in [0.25, 0.3) is 5.82 Å². The Kier molecular flexibility index (Phi) is 2.96. The summed E-state index contributed by atoms with van der Waals surface area (Å²) in [5.41, 5.74) is -0.900. The fourth-order valence-corrected chi connectivity index (χ4v) is 1.39. The zero-order valence-electron chi connectivity index (χ0n) is 7.91. The Morgan fingerprint density at radius 1 is 1.18 bits per heavy atom. The summed E-state index contributed by atoms with van der Waals surface area (Å²) in [6.45, 7) is 0. The fraction of sp³-hybridized carbons (Fsp3) is 0.125. The number of alkyl halides is 3. The first-order valence-electron chi connectivity index (χ1n) is 4.18. The first-order chi connectivity index (χ1) is 7.88. The van der Waals surface area contributed by atoms with Gasteiger partial charge in [0.15, 0.2) is 5.82 Å². The van der Waals surface area contributed by atoms with Crippen LogP contribution in [0.4, 0.5) is 13.2 Å². The molecule has 0 bridgehead atoms. The molecule has 90 valence electrons. The second kappa shape index (κ2) is 4.15. The molecule has 0 radical (unpaired) electrons. The molecule has 2 heterocycles. The average Bonchev–Trinajstić information content (AvgIpc) is 2.70. The van der Waals surface area contributed by atoms with Gasteiger partial charge in [0.25, 0.3) is 0 Å². The molecule has 2 aromatic rings. The Morgan fingerprint density at radius 3 is 2.47 bits per heavy atom. The monoisotopic (exact) mass is 282 g/mol. The van der Waals surface area contributed by atoms with Gasteiger partial charge in [0.05, 0.1) is 18.0 Å². The summed E-state index contributed by atoms with van der Waals surface area (Å²) in [6, 6.07) is 0. The van der Waals surface area contributed by atoms with Crippen LogP contribution >= 0.6 is 23.2 Å². The standard InChI is InChI=1S/C8H3Cl2F3N4/c9-5-2-14-7(10)16-6(5)17-3-4(1-15-17)8(11,12)13/h1-3H. The number of rotatable bonds is 1. The smallest absolute Gasteiger partial charge is 0.225 e. The van der Waals surface area contributed by atoms with Gasteiger partial charge in [-0.1, -0.05) is 11.6 Å². The second-order valence-corrected chi connectivity index (χ2v) is 3.73. The molecule has 0 fully saturated rings. The number of halogens is 5. The van der Waals surface area contributed by atoms with Crippen molar-refractivity contribution in [2.75, 3.05) is 0 Å². The van der Waals surface area contributed by atoms with Crippen molar-refractivity contribution in [2.45, 2.75) is 6.18 Å². The van der Waals surface area contributed by atoms with E-state index in [9.17, 15) is 13.2 Å². The molecule has 2 aromatic heterocycles. The predicted octanol–water partition coefficient (Wildman–Crippen LogP) is 2.99. The molecule has 4 nitrogen and oxygen atoms in total. The van der Waals surface area contributed by atoms with Crippen molar-refractivity contribution in [3.63, 3.8) is 0 Å². The SMILES string of the molecule is FC(F)(F)c1cnn(-c2nc(Cl)ncc2Cl)c1. The molecule has 0 atom stereocenters. The Morgan fingerprint density at radius 2 is 1.88 bits per heavy atom. The molecule has 0 spiro atoms. The average molecular weight is 283 g/mol. The molecule has 0 saturated carbocycles. The lowest BCUT2D eigenvalue weighted by Gasteiger charge is -2.03. The van der Waals surface area contributed by atoms with Crippen LogP contribution in [0.15, 0.2) is 18.6 Å². The molecule has 2 rings (SSSR count). The quantitative estimate of drug-likeness (QED) is 0.756. The maximum atomic E-state index is 12.4. The highest BCUT2D eigenvalue weighted by atomic mass is 35.5. The van der Waals surface area contributed by atoms with Gasteiger partial charge in [-0.05, 0) is 11.6 Å². The van der Waals surface area contributed by atoms with E-state index in [2.05, 4.69) is 15.1 Å². The van der Waals surface area contributed by atoms with E-state index >= 15 is 0 Å². The Hall–Kier alpha value is -1.34. The summed E-state index contributed by atoms with van der Waals surface area (Å²) >= 11 is 11.2. The van der Waals surface area contributed by atoms with Crippen LogP contribution in [0.1, 0.15) is 5.56 Å². The van der Waals surface area contributed by atoms with Crippen molar-refractivity contribution >= 4 is 23.2 Å². The maximum absolute atomic E-state index is 12.4. The Labute approximate surface area is 103 Å². The minimum atomic E-state index is -4.47. The zero-order valence-corrected chi connectivity index (χ0v) is 9.42. The molecule has 0 aliphatic carbocycles. The summed E-state index contributed by atoms with van der Waals surface area (Å²) in [6.07, 6.45) is -1.85. The molecular weight excluding hydrogens is 280 g/mol. The van der Waals surface area contributed by atoms with Crippen LogP contribution in [-0.4, -0.2) is 19.7 Å². The highest BCUT2D eigenvalue weighted by Gasteiger charge is 2.32. The minimum Gasteiger partial charge on any atom is -0.225 e. The largest absolute Gasteiger partial charge is 0.419 e. The molecule has 0 unspecified atom stereocenters. The van der Waals surface area contributed by atoms with Gasteiger partial charge in [0.2, 0.25) is 5.28 Å². The van der Waals surface area contributed by atoms with Crippen molar-refractivity contribution in [1.29, 1.82) is 0 Å². The van der Waals surface area contributed by atoms with Crippen molar-refractivity contribution in [3.05, 3.63) is 34.5 Å². The van der Waals surface area contributed by atoms with E-state index in [1.54, 1.807) is 0 Å². The third-order valence-corrected chi connectivity index (χ3v) is 2.27. The lowest BCUT2D eigenvalue weighted by Crippen LogP contribution is -2.04. The van der Waals surface area contributed by atoms with E-state index in [1.165, 1.54) is 6.20 Å². The first kappa shape index (κ1) is 12.1. The van der Waals surface area contributed by atoms with E-state index in [0.29, 0.717) is 6.20 Å². The summed E-state index contributed by atoms with van der Waals surface area (Å²) in [7, 11) is 0. The predicted molar refractivity (Wildman–Crippen MR) is 54.2 cm³/mol. The van der Waals surface area contributed by atoms with Crippen LogP contribution in [0, 0.1) is 0 Å². The van der Waals surface area contributed by atoms with Gasteiger partial charge in [-0.2, -0.15) is 23.3 Å². The molecule has 17 heavy (non-hydrogen) atoms. The van der Waals surface area contributed by atoms with Crippen LogP contribution in [0.3, 0.4) is 0 Å². The summed E-state index contributed by atoms with van der Waals surface area (Å²) < 4.78 is 37.9. The van der Waals surface area contributed by atoms with Gasteiger partial charge in [0.1, 0.15) is 5.02 Å². The van der Waals surface area contributed by atoms with Crippen molar-refractivity contribution in [2.24, 2.45) is 0 Å². The highest BCUT2D eigenvalue weighted by Crippen LogP contribution is 2.29. The first-order valence-corrected chi connectivity index (χ1v) is 4.94. The Balaban J connectivity index is 2.47. The highest BCUT2D eigenvalue weighted by molar-refractivity contribution is 6.32. The van der Waals surface area contributed by atoms with E-state index in [-0.39, 0.29) is 16.1 Å². The van der Waals surface area contributed by atoms with Crippen LogP contribution in [-0.2, 0) is 6.18 Å². The molecule has 0 saturated heterocycles. The van der Waals surface area contributed by atoms with E-state index < -0.39 is 11.7 Å². The fourth-order valence-electron chi connectivity index (χ4n) is 1.08. The summed E-state index contributed by atoms with van der Waals surface area (Å²) in [5, 5.41) is 3.43. The lowest BCUT2D eigenvalue weighted by molar-refractivity contribution is -0.137. The Bertz CT molecular complexity index is 552. The maximum Gasteiger partial charge on any atom is 0.419 e. The van der Waals surface area contributed by atoms with Gasteiger partial charge in [-0.15, -0.1) is 0 Å². The van der Waals surface area contributed by atoms with Crippen LogP contribution in [0.2, 0.25) is 10.3 Å². The molecule has 0 aliphatic heterocycles. The van der Waals surface area contributed by atoms with Gasteiger partial charge >= 0.3 is 6.18 Å². The minimum absolute atomic E-state index is 0.0119. The van der Waals surface area contributed by atoms with E-state index in [1.807, 2.05) is 0 Å². The summed E-state index contributed by atoms with van der Waals surface area (Å²) in [5.74, 6) is -0.0119. The number of aromatic nitrogens is 4. The third-order valence-electron chi connectivity index (χ3n) is 1.82. The zero-order chi connectivity index (χ0) is 12.6. The molecule has 0 aromatic carbocycles. The van der Waals surface area contributed by atoms with Gasteiger partial charge < -0.3 is 0 Å². The van der Waals surface area contributed by atoms with E-state index in [0.717, 1.165) is 10.9 Å². The molecule has 9 heteroatoms. The normalized spacial score (nSPS) is 11.8. The molecule has 0 amide bonds. The topological polar surface area (TPSA) is 43.6 Å². The number of nitrogens with zero attached hydrogens (tertiary/aromatic N) is 4.